The maximum absolute atomic E-state index is 4.26. The van der Waals surface area contributed by atoms with Crippen LogP contribution in [0.1, 0.15) is 11.4 Å². The molecule has 0 amide bonds. The van der Waals surface area contributed by atoms with Crippen molar-refractivity contribution < 1.29 is 0 Å². The summed E-state index contributed by atoms with van der Waals surface area (Å²) in [5.74, 6) is 0. The molecule has 2 heterocycles. The fourth-order valence-electron chi connectivity index (χ4n) is 1.32. The van der Waals surface area contributed by atoms with Crippen LogP contribution < -0.4 is 5.32 Å². The quantitative estimate of drug-likeness (QED) is 0.658. The number of nitrogens with one attached hydrogen (secondary N) is 2. The van der Waals surface area contributed by atoms with E-state index in [1.54, 1.807) is 6.33 Å². The van der Waals surface area contributed by atoms with Crippen molar-refractivity contribution in [3.05, 3.63) is 17.7 Å². The summed E-state index contributed by atoms with van der Waals surface area (Å²) in [6, 6.07) is 0. The van der Waals surface area contributed by atoms with E-state index in [9.17, 15) is 0 Å². The zero-order valence-electron chi connectivity index (χ0n) is 7.04. The van der Waals surface area contributed by atoms with E-state index in [1.165, 1.54) is 0 Å². The number of hydrogen-bond donors (Lipinski definition) is 2. The first-order valence-corrected chi connectivity index (χ1v) is 4.10. The lowest BCUT2D eigenvalue weighted by atomic mass is 10.2. The van der Waals surface area contributed by atoms with Gasteiger partial charge in [-0.05, 0) is 6.92 Å². The summed E-state index contributed by atoms with van der Waals surface area (Å²) in [6.07, 6.45) is 4.74. The number of nitrogens with zero attached hydrogens (tertiary/aromatic N) is 2. The molecule has 1 aliphatic rings. The van der Waals surface area contributed by atoms with Gasteiger partial charge >= 0.3 is 0 Å². The number of rotatable bonds is 2. The van der Waals surface area contributed by atoms with E-state index in [1.807, 2.05) is 13.1 Å². The van der Waals surface area contributed by atoms with Crippen molar-refractivity contribution >= 4 is 6.21 Å². The molecule has 0 fully saturated rings. The lowest BCUT2D eigenvalue weighted by Crippen LogP contribution is -2.24. The maximum atomic E-state index is 4.26. The Morgan fingerprint density at radius 3 is 3.17 bits per heavy atom. The molecule has 0 spiro atoms. The molecule has 1 atom stereocenters. The molecule has 0 aromatic carbocycles. The Morgan fingerprint density at radius 2 is 2.58 bits per heavy atom. The SMILES string of the molecule is Cc1[nH]cnc1CC1N=CCN1. The summed E-state index contributed by atoms with van der Waals surface area (Å²) in [7, 11) is 0. The number of aromatic nitrogens is 2. The van der Waals surface area contributed by atoms with Gasteiger partial charge in [-0.3, -0.25) is 10.3 Å². The predicted octanol–water partition coefficient (Wildman–Crippen LogP) is 0.261. The molecule has 0 bridgehead atoms. The van der Waals surface area contributed by atoms with Gasteiger partial charge in [0.1, 0.15) is 6.17 Å². The van der Waals surface area contributed by atoms with Gasteiger partial charge in [0.2, 0.25) is 0 Å². The molecule has 1 unspecified atom stereocenters. The van der Waals surface area contributed by atoms with Crippen LogP contribution in [0.25, 0.3) is 0 Å². The van der Waals surface area contributed by atoms with Gasteiger partial charge < -0.3 is 4.98 Å². The Morgan fingerprint density at radius 1 is 1.67 bits per heavy atom. The second-order valence-corrected chi connectivity index (χ2v) is 2.93. The van der Waals surface area contributed by atoms with Crippen LogP contribution in [0.5, 0.6) is 0 Å². The highest BCUT2D eigenvalue weighted by atomic mass is 15.1. The first kappa shape index (κ1) is 7.49. The Bertz CT molecular complexity index is 289. The molecule has 1 aromatic heterocycles. The molecule has 0 aliphatic carbocycles. The smallest absolute Gasteiger partial charge is 0.105 e. The van der Waals surface area contributed by atoms with Crippen molar-refractivity contribution in [1.29, 1.82) is 0 Å². The van der Waals surface area contributed by atoms with Crippen molar-refractivity contribution in [2.75, 3.05) is 6.54 Å². The van der Waals surface area contributed by atoms with Gasteiger partial charge in [-0.2, -0.15) is 0 Å². The fourth-order valence-corrected chi connectivity index (χ4v) is 1.32. The fraction of sp³-hybridized carbons (Fsp3) is 0.500. The van der Waals surface area contributed by atoms with Crippen molar-refractivity contribution in [1.82, 2.24) is 15.3 Å². The van der Waals surface area contributed by atoms with Crippen molar-refractivity contribution in [2.24, 2.45) is 4.99 Å². The van der Waals surface area contributed by atoms with E-state index in [0.717, 1.165) is 24.4 Å². The van der Waals surface area contributed by atoms with Gasteiger partial charge in [0.25, 0.3) is 0 Å². The second-order valence-electron chi connectivity index (χ2n) is 2.93. The highest BCUT2D eigenvalue weighted by molar-refractivity contribution is 5.62. The molecule has 0 saturated heterocycles. The lowest BCUT2D eigenvalue weighted by Gasteiger charge is -2.05. The summed E-state index contributed by atoms with van der Waals surface area (Å²) in [6.45, 7) is 2.91. The van der Waals surface area contributed by atoms with Gasteiger partial charge in [-0.1, -0.05) is 0 Å². The molecule has 4 nitrogen and oxygen atoms in total. The first-order valence-electron chi connectivity index (χ1n) is 4.10. The van der Waals surface area contributed by atoms with Gasteiger partial charge in [-0.15, -0.1) is 0 Å². The topological polar surface area (TPSA) is 53.1 Å². The Kier molecular flexibility index (Phi) is 1.91. The molecule has 12 heavy (non-hydrogen) atoms. The minimum atomic E-state index is 0.229. The highest BCUT2D eigenvalue weighted by Gasteiger charge is 2.12. The molecule has 64 valence electrons. The zero-order chi connectivity index (χ0) is 8.39. The van der Waals surface area contributed by atoms with Crippen LogP contribution in [0.3, 0.4) is 0 Å². The van der Waals surface area contributed by atoms with Crippen LogP contribution in [-0.4, -0.2) is 28.9 Å². The molecule has 0 radical (unpaired) electrons. The summed E-state index contributed by atoms with van der Waals surface area (Å²) in [5.41, 5.74) is 2.24. The molecular formula is C8H12N4. The van der Waals surface area contributed by atoms with Crippen LogP contribution in [0, 0.1) is 6.92 Å². The van der Waals surface area contributed by atoms with Crippen LogP contribution in [-0.2, 0) is 6.42 Å². The summed E-state index contributed by atoms with van der Waals surface area (Å²) >= 11 is 0. The van der Waals surface area contributed by atoms with E-state index in [4.69, 9.17) is 0 Å². The van der Waals surface area contributed by atoms with E-state index in [0.29, 0.717) is 0 Å². The van der Waals surface area contributed by atoms with Crippen LogP contribution >= 0.6 is 0 Å². The molecule has 2 N–H and O–H groups in total. The molecule has 2 rings (SSSR count). The number of hydrogen-bond acceptors (Lipinski definition) is 3. The van der Waals surface area contributed by atoms with Crippen LogP contribution in [0.15, 0.2) is 11.3 Å². The van der Waals surface area contributed by atoms with Gasteiger partial charge in [0, 0.05) is 24.9 Å². The van der Waals surface area contributed by atoms with E-state index >= 15 is 0 Å². The lowest BCUT2D eigenvalue weighted by molar-refractivity contribution is 0.593. The van der Waals surface area contributed by atoms with Crippen LogP contribution in [0.2, 0.25) is 0 Å². The van der Waals surface area contributed by atoms with E-state index in [-0.39, 0.29) is 6.17 Å². The van der Waals surface area contributed by atoms with Gasteiger partial charge in [0.05, 0.1) is 12.0 Å². The molecule has 1 aliphatic heterocycles. The van der Waals surface area contributed by atoms with E-state index < -0.39 is 0 Å². The summed E-state index contributed by atoms with van der Waals surface area (Å²) in [5, 5.41) is 3.25. The Balaban J connectivity index is 2.03. The Labute approximate surface area is 71.1 Å². The monoisotopic (exact) mass is 164 g/mol. The summed E-state index contributed by atoms with van der Waals surface area (Å²) < 4.78 is 0. The third-order valence-corrected chi connectivity index (χ3v) is 2.05. The normalized spacial score (nSPS) is 21.9. The average molecular weight is 164 g/mol. The van der Waals surface area contributed by atoms with Gasteiger partial charge in [-0.25, -0.2) is 4.98 Å². The number of H-pyrrole nitrogens is 1. The predicted molar refractivity (Wildman–Crippen MR) is 47.3 cm³/mol. The minimum absolute atomic E-state index is 0.229. The molecule has 1 aromatic rings. The Hall–Kier alpha value is -1.16. The van der Waals surface area contributed by atoms with Crippen molar-refractivity contribution in [2.45, 2.75) is 19.5 Å². The molecular weight excluding hydrogens is 152 g/mol. The third kappa shape index (κ3) is 1.38. The first-order chi connectivity index (χ1) is 5.86. The highest BCUT2D eigenvalue weighted by Crippen LogP contribution is 2.06. The summed E-state index contributed by atoms with van der Waals surface area (Å²) in [4.78, 5) is 11.5. The average Bonchev–Trinajstić information content (AvgIpc) is 2.65. The van der Waals surface area contributed by atoms with Crippen molar-refractivity contribution in [3.63, 3.8) is 0 Å². The number of aryl methyl sites for hydroxylation is 1. The van der Waals surface area contributed by atoms with Gasteiger partial charge in [0.15, 0.2) is 0 Å². The zero-order valence-corrected chi connectivity index (χ0v) is 7.04. The maximum Gasteiger partial charge on any atom is 0.105 e. The number of imidazole rings is 1. The van der Waals surface area contributed by atoms with Crippen LogP contribution in [0.4, 0.5) is 0 Å². The second kappa shape index (κ2) is 3.06. The van der Waals surface area contributed by atoms with E-state index in [2.05, 4.69) is 20.3 Å². The number of aromatic amines is 1. The van der Waals surface area contributed by atoms with Crippen molar-refractivity contribution in [3.8, 4) is 0 Å². The number of aliphatic imine (C=N–C) groups is 1. The standard InChI is InChI=1S/C8H12N4/c1-6-7(12-5-11-6)4-8-9-2-3-10-8/h2,5,8,10H,3-4H2,1H3,(H,11,12). The molecule has 0 saturated carbocycles. The minimum Gasteiger partial charge on any atom is -0.348 e. The third-order valence-electron chi connectivity index (χ3n) is 2.05. The molecule has 4 heteroatoms. The largest absolute Gasteiger partial charge is 0.348 e.